The average Bonchev–Trinajstić information content (AvgIpc) is 2.90. The van der Waals surface area contributed by atoms with E-state index in [1.54, 1.807) is 23.0 Å². The van der Waals surface area contributed by atoms with Crippen LogP contribution in [0, 0.1) is 6.92 Å². The fourth-order valence-corrected chi connectivity index (χ4v) is 2.92. The summed E-state index contributed by atoms with van der Waals surface area (Å²) in [6, 6.07) is 1.69. The number of aryl methyl sites for hydroxylation is 1. The van der Waals surface area contributed by atoms with Gasteiger partial charge in [-0.05, 0) is 18.6 Å². The number of hydrogen-bond acceptors (Lipinski definition) is 5. The monoisotopic (exact) mass is 298 g/mol. The molecule has 6 nitrogen and oxygen atoms in total. The van der Waals surface area contributed by atoms with Gasteiger partial charge in [0.2, 0.25) is 0 Å². The van der Waals surface area contributed by atoms with Crippen LogP contribution in [0.2, 0.25) is 5.02 Å². The summed E-state index contributed by atoms with van der Waals surface area (Å²) in [7, 11) is 0. The van der Waals surface area contributed by atoms with E-state index in [9.17, 15) is 10.2 Å². The lowest BCUT2D eigenvalue weighted by molar-refractivity contribution is -0.0509. The van der Waals surface area contributed by atoms with E-state index in [1.807, 2.05) is 6.92 Å². The van der Waals surface area contributed by atoms with E-state index in [4.69, 9.17) is 21.4 Å². The fourth-order valence-electron chi connectivity index (χ4n) is 2.63. The van der Waals surface area contributed by atoms with Gasteiger partial charge in [-0.2, -0.15) is 0 Å². The van der Waals surface area contributed by atoms with Gasteiger partial charge in [-0.3, -0.25) is 0 Å². The number of aromatic nitrogens is 2. The van der Waals surface area contributed by atoms with E-state index in [0.717, 1.165) is 10.9 Å². The second kappa shape index (κ2) is 4.98. The summed E-state index contributed by atoms with van der Waals surface area (Å²) in [5.74, 6) is 0. The maximum atomic E-state index is 10.1. The van der Waals surface area contributed by atoms with Crippen molar-refractivity contribution in [2.45, 2.75) is 31.5 Å². The van der Waals surface area contributed by atoms with Crippen LogP contribution in [0.5, 0.6) is 0 Å². The third-order valence-corrected chi connectivity index (χ3v) is 3.96. The number of nitrogens with zero attached hydrogens (tertiary/aromatic N) is 2. The van der Waals surface area contributed by atoms with Gasteiger partial charge in [-0.1, -0.05) is 11.6 Å². The third kappa shape index (κ3) is 1.92. The summed E-state index contributed by atoms with van der Waals surface area (Å²) < 4.78 is 7.15. The lowest BCUT2D eigenvalue weighted by atomic mass is 10.1. The average molecular weight is 299 g/mol. The molecule has 3 N–H and O–H groups in total. The zero-order valence-electron chi connectivity index (χ0n) is 10.8. The van der Waals surface area contributed by atoms with E-state index in [2.05, 4.69) is 4.98 Å². The number of rotatable bonds is 2. The molecule has 0 bridgehead atoms. The quantitative estimate of drug-likeness (QED) is 0.756. The van der Waals surface area contributed by atoms with Gasteiger partial charge in [0.15, 0.2) is 6.23 Å². The van der Waals surface area contributed by atoms with Crippen LogP contribution < -0.4 is 0 Å². The van der Waals surface area contributed by atoms with Crippen LogP contribution >= 0.6 is 11.6 Å². The second-order valence-electron chi connectivity index (χ2n) is 4.94. The number of halogens is 1. The van der Waals surface area contributed by atoms with Gasteiger partial charge in [0.1, 0.15) is 24.0 Å². The van der Waals surface area contributed by atoms with Crippen molar-refractivity contribution >= 4 is 22.6 Å². The molecular weight excluding hydrogens is 284 g/mol. The van der Waals surface area contributed by atoms with Crippen molar-refractivity contribution in [2.24, 2.45) is 0 Å². The summed E-state index contributed by atoms with van der Waals surface area (Å²) in [4.78, 5) is 4.26. The highest BCUT2D eigenvalue weighted by Crippen LogP contribution is 2.35. The van der Waals surface area contributed by atoms with Crippen molar-refractivity contribution in [1.82, 2.24) is 9.55 Å². The van der Waals surface area contributed by atoms with E-state index < -0.39 is 24.5 Å². The van der Waals surface area contributed by atoms with Gasteiger partial charge in [0.05, 0.1) is 11.6 Å². The number of aliphatic hydroxyl groups is 3. The lowest BCUT2D eigenvalue weighted by Gasteiger charge is -2.17. The van der Waals surface area contributed by atoms with Gasteiger partial charge in [0, 0.05) is 17.8 Å². The smallest absolute Gasteiger partial charge is 0.164 e. The third-order valence-electron chi connectivity index (χ3n) is 3.64. The molecule has 0 aliphatic carbocycles. The van der Waals surface area contributed by atoms with Crippen molar-refractivity contribution < 1.29 is 20.1 Å². The predicted molar refractivity (Wildman–Crippen MR) is 72.5 cm³/mol. The van der Waals surface area contributed by atoms with Crippen LogP contribution in [0.4, 0.5) is 0 Å². The molecule has 7 heteroatoms. The molecule has 2 aromatic rings. The summed E-state index contributed by atoms with van der Waals surface area (Å²) in [5.41, 5.74) is 1.47. The molecule has 3 rings (SSSR count). The highest BCUT2D eigenvalue weighted by atomic mass is 35.5. The minimum atomic E-state index is -1.14. The second-order valence-corrected chi connectivity index (χ2v) is 5.35. The Morgan fingerprint density at radius 2 is 2.15 bits per heavy atom. The Balaban J connectivity index is 2.10. The fraction of sp³-hybridized carbons (Fsp3) is 0.462. The van der Waals surface area contributed by atoms with Gasteiger partial charge in [-0.15, -0.1) is 0 Å². The maximum Gasteiger partial charge on any atom is 0.164 e. The van der Waals surface area contributed by atoms with Crippen LogP contribution in [-0.4, -0.2) is 49.8 Å². The topological polar surface area (TPSA) is 87.7 Å². The number of fused-ring (bicyclic) bond motifs is 1. The molecule has 0 saturated carbocycles. The van der Waals surface area contributed by atoms with Crippen molar-refractivity contribution in [3.63, 3.8) is 0 Å². The molecule has 1 aliphatic rings. The number of aliphatic hydroxyl groups excluding tert-OH is 3. The molecule has 3 heterocycles. The molecule has 2 aromatic heterocycles. The summed E-state index contributed by atoms with van der Waals surface area (Å²) in [5, 5.41) is 30.4. The summed E-state index contributed by atoms with van der Waals surface area (Å²) >= 11 is 6.16. The van der Waals surface area contributed by atoms with Crippen molar-refractivity contribution in [2.75, 3.05) is 6.61 Å². The Bertz CT molecular complexity index is 645. The Kier molecular flexibility index (Phi) is 3.43. The van der Waals surface area contributed by atoms with Crippen LogP contribution in [0.25, 0.3) is 11.0 Å². The van der Waals surface area contributed by atoms with Crippen LogP contribution in [0.15, 0.2) is 18.5 Å². The molecule has 0 unspecified atom stereocenters. The first-order chi connectivity index (χ1) is 9.54. The molecule has 20 heavy (non-hydrogen) atoms. The first-order valence-electron chi connectivity index (χ1n) is 6.28. The van der Waals surface area contributed by atoms with Crippen molar-refractivity contribution in [3.05, 3.63) is 29.0 Å². The van der Waals surface area contributed by atoms with Crippen LogP contribution in [0.3, 0.4) is 0 Å². The Morgan fingerprint density at radius 1 is 1.40 bits per heavy atom. The van der Waals surface area contributed by atoms with Crippen molar-refractivity contribution in [3.8, 4) is 0 Å². The normalized spacial score (nSPS) is 30.2. The predicted octanol–water partition coefficient (Wildman–Crippen LogP) is 0.610. The first-order valence-corrected chi connectivity index (χ1v) is 6.66. The molecule has 1 saturated heterocycles. The first kappa shape index (κ1) is 13.8. The number of ether oxygens (including phenoxy) is 1. The Labute approximate surface area is 120 Å². The van der Waals surface area contributed by atoms with Gasteiger partial charge >= 0.3 is 0 Å². The van der Waals surface area contributed by atoms with Gasteiger partial charge in [-0.25, -0.2) is 4.98 Å². The molecule has 0 aromatic carbocycles. The number of pyridine rings is 1. The lowest BCUT2D eigenvalue weighted by Crippen LogP contribution is -2.33. The molecule has 0 spiro atoms. The van der Waals surface area contributed by atoms with Crippen LogP contribution in [-0.2, 0) is 4.74 Å². The van der Waals surface area contributed by atoms with Gasteiger partial charge < -0.3 is 24.6 Å². The molecule has 1 fully saturated rings. The number of hydrogen-bond donors (Lipinski definition) is 3. The van der Waals surface area contributed by atoms with E-state index in [1.165, 1.54) is 0 Å². The van der Waals surface area contributed by atoms with Crippen LogP contribution in [0.1, 0.15) is 11.8 Å². The molecule has 0 radical (unpaired) electrons. The standard InChI is InChI=1S/C13H15ClN2O4/c1-6-4-16(12-9(6)7(14)2-3-15-12)13-11(19)10(18)8(5-17)20-13/h2-4,8,10-11,13,17-19H,5H2,1H3/t8-,10-,11-,13-/m1/s1. The maximum absolute atomic E-state index is 10.1. The molecular formula is C13H15ClN2O4. The van der Waals surface area contributed by atoms with E-state index in [-0.39, 0.29) is 6.61 Å². The SMILES string of the molecule is Cc1cn([C@@H]2O[C@H](CO)[C@@H](O)[C@H]2O)c2nccc(Cl)c12. The van der Waals surface area contributed by atoms with E-state index >= 15 is 0 Å². The molecule has 0 amide bonds. The minimum Gasteiger partial charge on any atom is -0.394 e. The zero-order chi connectivity index (χ0) is 14.4. The van der Waals surface area contributed by atoms with Gasteiger partial charge in [0.25, 0.3) is 0 Å². The Morgan fingerprint density at radius 3 is 2.80 bits per heavy atom. The minimum absolute atomic E-state index is 0.360. The molecule has 1 aliphatic heterocycles. The zero-order valence-corrected chi connectivity index (χ0v) is 11.5. The summed E-state index contributed by atoms with van der Waals surface area (Å²) in [6.45, 7) is 1.52. The highest BCUT2D eigenvalue weighted by Gasteiger charge is 2.43. The molecule has 108 valence electrons. The highest BCUT2D eigenvalue weighted by molar-refractivity contribution is 6.35. The Hall–Kier alpha value is -1.18. The van der Waals surface area contributed by atoms with E-state index in [0.29, 0.717) is 10.7 Å². The largest absolute Gasteiger partial charge is 0.394 e. The summed E-state index contributed by atoms with van der Waals surface area (Å²) in [6.07, 6.45) is -0.549. The molecule has 4 atom stereocenters. The van der Waals surface area contributed by atoms with Crippen molar-refractivity contribution in [1.29, 1.82) is 0 Å².